The van der Waals surface area contributed by atoms with Crippen LogP contribution >= 0.6 is 0 Å². The monoisotopic (exact) mass is 275 g/mol. The molecule has 1 heterocycles. The summed E-state index contributed by atoms with van der Waals surface area (Å²) >= 11 is 0. The number of carboxylic acids is 1. The third-order valence-electron chi connectivity index (χ3n) is 2.78. The van der Waals surface area contributed by atoms with Gasteiger partial charge in [-0.3, -0.25) is 4.79 Å². The molecule has 1 aromatic carbocycles. The Balaban J connectivity index is 1.79. The zero-order valence-electron chi connectivity index (χ0n) is 11.0. The summed E-state index contributed by atoms with van der Waals surface area (Å²) < 4.78 is 7.30. The first-order valence-corrected chi connectivity index (χ1v) is 6.26. The van der Waals surface area contributed by atoms with E-state index in [-0.39, 0.29) is 6.42 Å². The van der Waals surface area contributed by atoms with Gasteiger partial charge in [-0.25, -0.2) is 4.98 Å². The van der Waals surface area contributed by atoms with Crippen molar-refractivity contribution in [3.63, 3.8) is 0 Å². The van der Waals surface area contributed by atoms with Crippen LogP contribution in [0.15, 0.2) is 42.9 Å². The predicted octanol–water partition coefficient (Wildman–Crippen LogP) is 1.01. The summed E-state index contributed by atoms with van der Waals surface area (Å²) in [5.74, 6) is -1.03. The number of nitrogens with zero attached hydrogens (tertiary/aromatic N) is 2. The standard InChI is InChI=1S/C14H17N3O3/c15-13(14(18)19)6-12-7-17(9-16-12)10-20-8-11-4-2-1-3-5-11/h1-5,7,9,13H,6,8,10,15H2,(H,18,19). The van der Waals surface area contributed by atoms with Crippen LogP contribution in [-0.2, 0) is 29.3 Å². The number of aromatic nitrogens is 2. The first-order valence-electron chi connectivity index (χ1n) is 6.26. The summed E-state index contributed by atoms with van der Waals surface area (Å²) in [4.78, 5) is 14.8. The minimum atomic E-state index is -1.03. The van der Waals surface area contributed by atoms with Gasteiger partial charge in [-0.05, 0) is 5.56 Å². The lowest BCUT2D eigenvalue weighted by molar-refractivity contribution is -0.138. The van der Waals surface area contributed by atoms with E-state index in [4.69, 9.17) is 15.6 Å². The number of benzene rings is 1. The Bertz CT molecular complexity index is 554. The van der Waals surface area contributed by atoms with Crippen LogP contribution in [0, 0.1) is 0 Å². The molecular weight excluding hydrogens is 258 g/mol. The number of carbonyl (C=O) groups is 1. The highest BCUT2D eigenvalue weighted by molar-refractivity contribution is 5.73. The summed E-state index contributed by atoms with van der Waals surface area (Å²) in [5, 5.41) is 8.73. The Kier molecular flexibility index (Phi) is 4.86. The fraction of sp³-hybridized carbons (Fsp3) is 0.286. The number of nitrogens with two attached hydrogens (primary N) is 1. The van der Waals surface area contributed by atoms with Gasteiger partial charge in [-0.1, -0.05) is 30.3 Å². The van der Waals surface area contributed by atoms with Gasteiger partial charge in [0.05, 0.1) is 18.6 Å². The van der Waals surface area contributed by atoms with E-state index >= 15 is 0 Å². The van der Waals surface area contributed by atoms with Crippen molar-refractivity contribution >= 4 is 5.97 Å². The topological polar surface area (TPSA) is 90.4 Å². The number of ether oxygens (including phenoxy) is 1. The molecule has 2 aromatic rings. The highest BCUT2D eigenvalue weighted by atomic mass is 16.5. The Hall–Kier alpha value is -2.18. The molecule has 20 heavy (non-hydrogen) atoms. The zero-order valence-corrected chi connectivity index (χ0v) is 11.0. The van der Waals surface area contributed by atoms with Crippen molar-refractivity contribution < 1.29 is 14.6 Å². The highest BCUT2D eigenvalue weighted by Crippen LogP contribution is 2.04. The lowest BCUT2D eigenvalue weighted by atomic mass is 10.2. The van der Waals surface area contributed by atoms with Gasteiger partial charge < -0.3 is 20.1 Å². The quantitative estimate of drug-likeness (QED) is 0.787. The number of hydrogen-bond acceptors (Lipinski definition) is 4. The van der Waals surface area contributed by atoms with Crippen molar-refractivity contribution in [1.29, 1.82) is 0 Å². The van der Waals surface area contributed by atoms with E-state index in [1.165, 1.54) is 0 Å². The van der Waals surface area contributed by atoms with E-state index in [1.54, 1.807) is 17.1 Å². The summed E-state index contributed by atoms with van der Waals surface area (Å²) in [6.07, 6.45) is 3.56. The van der Waals surface area contributed by atoms with Crippen molar-refractivity contribution in [3.05, 3.63) is 54.1 Å². The highest BCUT2D eigenvalue weighted by Gasteiger charge is 2.13. The van der Waals surface area contributed by atoms with E-state index in [0.29, 0.717) is 19.0 Å². The molecule has 106 valence electrons. The number of rotatable bonds is 7. The fourth-order valence-corrected chi connectivity index (χ4v) is 1.74. The van der Waals surface area contributed by atoms with Crippen molar-refractivity contribution in [1.82, 2.24) is 9.55 Å². The molecule has 1 aromatic heterocycles. The Morgan fingerprint density at radius 2 is 2.15 bits per heavy atom. The average molecular weight is 275 g/mol. The van der Waals surface area contributed by atoms with Gasteiger partial charge in [0.2, 0.25) is 0 Å². The molecule has 0 amide bonds. The Morgan fingerprint density at radius 1 is 1.40 bits per heavy atom. The smallest absolute Gasteiger partial charge is 0.320 e. The second-order valence-corrected chi connectivity index (χ2v) is 4.49. The number of imidazole rings is 1. The van der Waals surface area contributed by atoms with Crippen LogP contribution in [0.2, 0.25) is 0 Å². The van der Waals surface area contributed by atoms with Crippen molar-refractivity contribution in [2.24, 2.45) is 5.73 Å². The zero-order chi connectivity index (χ0) is 14.4. The molecule has 0 aliphatic heterocycles. The lowest BCUT2D eigenvalue weighted by Crippen LogP contribution is -2.32. The van der Waals surface area contributed by atoms with Crippen LogP contribution < -0.4 is 5.73 Å². The fourth-order valence-electron chi connectivity index (χ4n) is 1.74. The van der Waals surface area contributed by atoms with E-state index in [9.17, 15) is 4.79 Å². The van der Waals surface area contributed by atoms with Gasteiger partial charge in [-0.2, -0.15) is 0 Å². The Morgan fingerprint density at radius 3 is 2.85 bits per heavy atom. The minimum absolute atomic E-state index is 0.209. The van der Waals surface area contributed by atoms with Gasteiger partial charge in [0, 0.05) is 12.6 Å². The molecule has 0 aliphatic rings. The number of carboxylic acid groups (broad SMARTS) is 1. The number of hydrogen-bond donors (Lipinski definition) is 2. The van der Waals surface area contributed by atoms with Crippen molar-refractivity contribution in [2.45, 2.75) is 25.8 Å². The maximum atomic E-state index is 10.7. The lowest BCUT2D eigenvalue weighted by Gasteiger charge is -2.05. The van der Waals surface area contributed by atoms with Gasteiger partial charge in [0.15, 0.2) is 0 Å². The molecule has 1 atom stereocenters. The third kappa shape index (κ3) is 4.18. The molecular formula is C14H17N3O3. The molecule has 2 rings (SSSR count). The van der Waals surface area contributed by atoms with Crippen LogP contribution in [-0.4, -0.2) is 26.7 Å². The maximum Gasteiger partial charge on any atom is 0.320 e. The molecule has 0 aliphatic carbocycles. The summed E-state index contributed by atoms with van der Waals surface area (Å²) in [6.45, 7) is 0.882. The number of aliphatic carboxylic acids is 1. The molecule has 6 heteroatoms. The molecule has 3 N–H and O–H groups in total. The third-order valence-corrected chi connectivity index (χ3v) is 2.78. The predicted molar refractivity (Wildman–Crippen MR) is 72.8 cm³/mol. The first-order chi connectivity index (χ1) is 9.65. The van der Waals surface area contributed by atoms with Crippen LogP contribution in [0.25, 0.3) is 0 Å². The normalized spacial score (nSPS) is 12.2. The molecule has 6 nitrogen and oxygen atoms in total. The summed E-state index contributed by atoms with van der Waals surface area (Å²) in [7, 11) is 0. The van der Waals surface area contributed by atoms with Crippen molar-refractivity contribution in [2.75, 3.05) is 0 Å². The van der Waals surface area contributed by atoms with E-state index in [0.717, 1.165) is 5.56 Å². The molecule has 0 radical (unpaired) electrons. The molecule has 0 fully saturated rings. The van der Waals surface area contributed by atoms with Crippen LogP contribution in [0.4, 0.5) is 0 Å². The maximum absolute atomic E-state index is 10.7. The molecule has 0 saturated heterocycles. The summed E-state index contributed by atoms with van der Waals surface area (Å²) in [6, 6.07) is 8.93. The molecule has 0 saturated carbocycles. The van der Waals surface area contributed by atoms with Gasteiger partial charge >= 0.3 is 5.97 Å². The molecule has 0 spiro atoms. The average Bonchev–Trinajstić information content (AvgIpc) is 2.87. The second-order valence-electron chi connectivity index (χ2n) is 4.49. The molecule has 1 unspecified atom stereocenters. The first kappa shape index (κ1) is 14.2. The second kappa shape index (κ2) is 6.83. The van der Waals surface area contributed by atoms with Gasteiger partial charge in [-0.15, -0.1) is 0 Å². The minimum Gasteiger partial charge on any atom is -0.480 e. The van der Waals surface area contributed by atoms with E-state index in [2.05, 4.69) is 4.98 Å². The van der Waals surface area contributed by atoms with E-state index < -0.39 is 12.0 Å². The van der Waals surface area contributed by atoms with Gasteiger partial charge in [0.25, 0.3) is 0 Å². The Labute approximate surface area is 116 Å². The van der Waals surface area contributed by atoms with Gasteiger partial charge in [0.1, 0.15) is 12.8 Å². The SMILES string of the molecule is NC(Cc1cn(COCc2ccccc2)cn1)C(=O)O. The van der Waals surface area contributed by atoms with Crippen LogP contribution in [0.5, 0.6) is 0 Å². The van der Waals surface area contributed by atoms with Crippen molar-refractivity contribution in [3.8, 4) is 0 Å². The van der Waals surface area contributed by atoms with Crippen LogP contribution in [0.3, 0.4) is 0 Å². The van der Waals surface area contributed by atoms with Crippen LogP contribution in [0.1, 0.15) is 11.3 Å². The summed E-state index contributed by atoms with van der Waals surface area (Å²) in [5.41, 5.74) is 7.19. The van der Waals surface area contributed by atoms with E-state index in [1.807, 2.05) is 30.3 Å². The largest absolute Gasteiger partial charge is 0.480 e. The molecule has 0 bridgehead atoms.